The van der Waals surface area contributed by atoms with Crippen LogP contribution in [-0.4, -0.2) is 65.0 Å². The number of hydrogen-bond donors (Lipinski definition) is 2. The van der Waals surface area contributed by atoms with Crippen molar-refractivity contribution in [1.29, 1.82) is 0 Å². The number of alkyl halides is 1. The van der Waals surface area contributed by atoms with Gasteiger partial charge in [0.15, 0.2) is 0 Å². The van der Waals surface area contributed by atoms with Crippen molar-refractivity contribution in [2.75, 3.05) is 44.3 Å². The van der Waals surface area contributed by atoms with E-state index in [9.17, 15) is 12.8 Å². The molecule has 0 radical (unpaired) electrons. The van der Waals surface area contributed by atoms with Gasteiger partial charge in [-0.25, -0.2) is 22.5 Å². The van der Waals surface area contributed by atoms with Crippen molar-refractivity contribution in [3.05, 3.63) is 18.3 Å². The molecule has 7 nitrogen and oxygen atoms in total. The third-order valence-electron chi connectivity index (χ3n) is 4.05. The van der Waals surface area contributed by atoms with Crippen LogP contribution >= 0.6 is 0 Å². The minimum absolute atomic E-state index is 0.115. The second kappa shape index (κ2) is 7.08. The second-order valence-electron chi connectivity index (χ2n) is 5.74. The molecule has 0 saturated carbocycles. The van der Waals surface area contributed by atoms with Gasteiger partial charge in [0, 0.05) is 38.4 Å². The predicted molar refractivity (Wildman–Crippen MR) is 83.8 cm³/mol. The number of sulfonamides is 1. The van der Waals surface area contributed by atoms with Gasteiger partial charge >= 0.3 is 0 Å². The lowest BCUT2D eigenvalue weighted by atomic mass is 10.2. The summed E-state index contributed by atoms with van der Waals surface area (Å²) in [6.45, 7) is 3.24. The fourth-order valence-corrected chi connectivity index (χ4v) is 3.76. The van der Waals surface area contributed by atoms with Crippen LogP contribution in [0.5, 0.6) is 0 Å². The highest BCUT2D eigenvalue weighted by Gasteiger charge is 2.25. The Labute approximate surface area is 135 Å². The molecule has 23 heavy (non-hydrogen) atoms. The first kappa shape index (κ1) is 16.6. The molecule has 2 saturated heterocycles. The molecule has 0 aliphatic carbocycles. The Kier molecular flexibility index (Phi) is 5.10. The maximum absolute atomic E-state index is 13.1. The van der Waals surface area contributed by atoms with Crippen molar-refractivity contribution < 1.29 is 17.5 Å². The van der Waals surface area contributed by atoms with E-state index in [1.54, 1.807) is 12.1 Å². The van der Waals surface area contributed by atoms with Gasteiger partial charge in [0.05, 0.1) is 13.2 Å². The van der Waals surface area contributed by atoms with Gasteiger partial charge in [-0.1, -0.05) is 0 Å². The third-order valence-corrected chi connectivity index (χ3v) is 5.46. The first-order chi connectivity index (χ1) is 11.0. The quantitative estimate of drug-likeness (QED) is 0.776. The summed E-state index contributed by atoms with van der Waals surface area (Å²) < 4.78 is 45.4. The van der Waals surface area contributed by atoms with Crippen LogP contribution in [0.4, 0.5) is 10.2 Å². The summed E-state index contributed by atoms with van der Waals surface area (Å²) in [5, 5.41) is 2.95. The predicted octanol–water partition coefficient (Wildman–Crippen LogP) is -0.103. The van der Waals surface area contributed by atoms with Crippen LogP contribution in [0, 0.1) is 0 Å². The van der Waals surface area contributed by atoms with Crippen LogP contribution < -0.4 is 14.9 Å². The van der Waals surface area contributed by atoms with E-state index in [-0.39, 0.29) is 24.0 Å². The molecule has 1 aromatic heterocycles. The molecule has 3 heterocycles. The van der Waals surface area contributed by atoms with Crippen LogP contribution in [0.1, 0.15) is 6.42 Å². The SMILES string of the molecule is O=S(=O)(NC[C@@H]1C[C@H](F)CN1)c1ccc(N2CCOCC2)nc1. The normalized spacial score (nSPS) is 25.7. The molecule has 0 aromatic carbocycles. The number of hydrogen-bond acceptors (Lipinski definition) is 6. The highest BCUT2D eigenvalue weighted by Crippen LogP contribution is 2.16. The molecule has 0 bridgehead atoms. The van der Waals surface area contributed by atoms with Crippen LogP contribution in [0.2, 0.25) is 0 Å². The van der Waals surface area contributed by atoms with Gasteiger partial charge in [-0.2, -0.15) is 0 Å². The van der Waals surface area contributed by atoms with Crippen molar-refractivity contribution in [2.45, 2.75) is 23.5 Å². The molecule has 2 N–H and O–H groups in total. The molecule has 2 atom stereocenters. The van der Waals surface area contributed by atoms with Gasteiger partial charge in [0.25, 0.3) is 0 Å². The Balaban J connectivity index is 1.60. The summed E-state index contributed by atoms with van der Waals surface area (Å²) in [5.41, 5.74) is 0. The molecule has 2 fully saturated rings. The van der Waals surface area contributed by atoms with E-state index >= 15 is 0 Å². The maximum atomic E-state index is 13.1. The van der Waals surface area contributed by atoms with Gasteiger partial charge in [-0.05, 0) is 18.6 Å². The van der Waals surface area contributed by atoms with Crippen LogP contribution in [-0.2, 0) is 14.8 Å². The van der Waals surface area contributed by atoms with Crippen molar-refractivity contribution in [3.63, 3.8) is 0 Å². The van der Waals surface area contributed by atoms with E-state index in [2.05, 4.69) is 19.9 Å². The first-order valence-corrected chi connectivity index (χ1v) is 9.19. The van der Waals surface area contributed by atoms with E-state index in [1.165, 1.54) is 6.20 Å². The van der Waals surface area contributed by atoms with Crippen molar-refractivity contribution >= 4 is 15.8 Å². The summed E-state index contributed by atoms with van der Waals surface area (Å²) in [7, 11) is -3.63. The van der Waals surface area contributed by atoms with Gasteiger partial charge in [-0.15, -0.1) is 0 Å². The zero-order chi connectivity index (χ0) is 16.3. The van der Waals surface area contributed by atoms with E-state index in [4.69, 9.17) is 4.74 Å². The molecule has 2 aliphatic heterocycles. The second-order valence-corrected chi connectivity index (χ2v) is 7.51. The molecular formula is C14H21FN4O3S. The van der Waals surface area contributed by atoms with E-state index in [0.29, 0.717) is 19.6 Å². The third kappa shape index (κ3) is 4.17. The number of nitrogens with zero attached hydrogens (tertiary/aromatic N) is 2. The summed E-state index contributed by atoms with van der Waals surface area (Å²) in [5.74, 6) is 0.741. The molecule has 0 unspecified atom stereocenters. The summed E-state index contributed by atoms with van der Waals surface area (Å²) in [6, 6.07) is 3.08. The zero-order valence-electron chi connectivity index (χ0n) is 12.7. The molecule has 0 amide bonds. The maximum Gasteiger partial charge on any atom is 0.242 e. The highest BCUT2D eigenvalue weighted by atomic mass is 32.2. The van der Waals surface area contributed by atoms with Crippen LogP contribution in [0.15, 0.2) is 23.2 Å². The number of anilines is 1. The van der Waals surface area contributed by atoms with Crippen LogP contribution in [0.3, 0.4) is 0 Å². The van der Waals surface area contributed by atoms with Crippen molar-refractivity contribution in [3.8, 4) is 0 Å². The highest BCUT2D eigenvalue weighted by molar-refractivity contribution is 7.89. The van der Waals surface area contributed by atoms with Crippen LogP contribution in [0.25, 0.3) is 0 Å². The smallest absolute Gasteiger partial charge is 0.242 e. The largest absolute Gasteiger partial charge is 0.378 e. The Bertz CT molecular complexity index is 619. The molecule has 3 rings (SSSR count). The van der Waals surface area contributed by atoms with Gasteiger partial charge < -0.3 is 15.0 Å². The molecule has 128 valence electrons. The standard InChI is InChI=1S/C14H21FN4O3S/c15-11-7-12(16-8-11)9-18-23(20,21)13-1-2-14(17-10-13)19-3-5-22-6-4-19/h1-2,10-12,16,18H,3-9H2/t11-,12-/m0/s1. The number of nitrogens with one attached hydrogen (secondary N) is 2. The number of rotatable bonds is 5. The topological polar surface area (TPSA) is 83.6 Å². The molecule has 9 heteroatoms. The number of aromatic nitrogens is 1. The van der Waals surface area contributed by atoms with Gasteiger partial charge in [0.2, 0.25) is 10.0 Å². The first-order valence-electron chi connectivity index (χ1n) is 7.70. The Morgan fingerprint density at radius 3 is 2.78 bits per heavy atom. The van der Waals surface area contributed by atoms with Gasteiger partial charge in [0.1, 0.15) is 16.9 Å². The Hall–Kier alpha value is -1.29. The fraction of sp³-hybridized carbons (Fsp3) is 0.643. The molecule has 1 aromatic rings. The summed E-state index contributed by atoms with van der Waals surface area (Å²) in [6.07, 6.45) is 0.781. The van der Waals surface area contributed by atoms with E-state index in [1.807, 2.05) is 0 Å². The average Bonchev–Trinajstić information content (AvgIpc) is 3.00. The lowest BCUT2D eigenvalue weighted by molar-refractivity contribution is 0.122. The minimum atomic E-state index is -3.63. The Morgan fingerprint density at radius 2 is 2.17 bits per heavy atom. The summed E-state index contributed by atoms with van der Waals surface area (Å²) >= 11 is 0. The number of pyridine rings is 1. The molecule has 0 spiro atoms. The van der Waals surface area contributed by atoms with Gasteiger partial charge in [-0.3, -0.25) is 0 Å². The zero-order valence-corrected chi connectivity index (χ0v) is 13.6. The number of halogens is 1. The molecule has 2 aliphatic rings. The minimum Gasteiger partial charge on any atom is -0.378 e. The van der Waals surface area contributed by atoms with Crippen molar-refractivity contribution in [1.82, 2.24) is 15.0 Å². The summed E-state index contributed by atoms with van der Waals surface area (Å²) in [4.78, 5) is 6.40. The fourth-order valence-electron chi connectivity index (χ4n) is 2.73. The van der Waals surface area contributed by atoms with Crippen molar-refractivity contribution in [2.24, 2.45) is 0 Å². The lowest BCUT2D eigenvalue weighted by Gasteiger charge is -2.27. The Morgan fingerprint density at radius 1 is 1.39 bits per heavy atom. The van der Waals surface area contributed by atoms with E-state index < -0.39 is 16.2 Å². The lowest BCUT2D eigenvalue weighted by Crippen LogP contribution is -2.37. The van der Waals surface area contributed by atoms with E-state index in [0.717, 1.165) is 18.9 Å². The average molecular weight is 344 g/mol. The molecular weight excluding hydrogens is 323 g/mol. The number of ether oxygens (including phenoxy) is 1. The monoisotopic (exact) mass is 344 g/mol. The number of morpholine rings is 1.